The van der Waals surface area contributed by atoms with Gasteiger partial charge in [0.05, 0.1) is 11.3 Å². The van der Waals surface area contributed by atoms with Gasteiger partial charge in [-0.15, -0.1) is 0 Å². The fourth-order valence-corrected chi connectivity index (χ4v) is 10.6. The molecule has 4 heteroatoms. The number of hydrogen-bond acceptors (Lipinski definition) is 3. The summed E-state index contributed by atoms with van der Waals surface area (Å²) < 4.78 is 13.7. The third kappa shape index (κ3) is 3.74. The van der Waals surface area contributed by atoms with E-state index in [0.717, 1.165) is 66.4 Å². The summed E-state index contributed by atoms with van der Waals surface area (Å²) in [6.07, 6.45) is 13.0. The molecule has 1 atom stereocenters. The maximum atomic E-state index is 6.99. The van der Waals surface area contributed by atoms with Crippen LogP contribution in [0.15, 0.2) is 151 Å². The Balaban J connectivity index is 1.46. The molecule has 5 aromatic carbocycles. The minimum absolute atomic E-state index is 0.653. The zero-order valence-electron chi connectivity index (χ0n) is 22.2. The molecule has 8 rings (SSSR count). The zero-order valence-corrected chi connectivity index (χ0v) is 23.9. The fourth-order valence-electron chi connectivity index (χ4n) is 6.06. The van der Waals surface area contributed by atoms with Gasteiger partial charge in [0.25, 0.3) is 0 Å². The normalized spacial score (nSPS) is 20.4. The molecule has 196 valence electrons. The lowest BCUT2D eigenvalue weighted by Gasteiger charge is -2.39. The summed E-state index contributed by atoms with van der Waals surface area (Å²) in [7, 11) is 0. The van der Waals surface area contributed by atoms with Gasteiger partial charge in [0.1, 0.15) is 23.0 Å². The van der Waals surface area contributed by atoms with E-state index in [9.17, 15) is 0 Å². The van der Waals surface area contributed by atoms with Crippen LogP contribution in [-0.2, 0) is 11.8 Å². The molecule has 2 nitrogen and oxygen atoms in total. The van der Waals surface area contributed by atoms with Crippen molar-refractivity contribution in [2.45, 2.75) is 6.42 Å². The van der Waals surface area contributed by atoms with E-state index >= 15 is 0 Å². The Hall–Kier alpha value is -4.43. The van der Waals surface area contributed by atoms with Crippen LogP contribution in [0.2, 0.25) is 0 Å². The molecule has 0 saturated carbocycles. The third-order valence-corrected chi connectivity index (χ3v) is 12.9. The van der Waals surface area contributed by atoms with Gasteiger partial charge in [-0.1, -0.05) is 115 Å². The molecule has 0 saturated heterocycles. The first kappa shape index (κ1) is 24.4. The SMILES string of the molecule is C=C1C=CC2=C(C/C=C\C=C/1)Oc1ccc(-c3ccc4ccccc4c3)c3c1P2(=S)c1ccc2ccccc2c1O3. The van der Waals surface area contributed by atoms with Gasteiger partial charge in [0.2, 0.25) is 0 Å². The minimum atomic E-state index is -2.59. The minimum Gasteiger partial charge on any atom is -0.460 e. The van der Waals surface area contributed by atoms with Crippen LogP contribution in [-0.4, -0.2) is 0 Å². The Kier molecular flexibility index (Phi) is 5.53. The third-order valence-electron chi connectivity index (χ3n) is 8.05. The smallest absolute Gasteiger partial charge is 0.148 e. The van der Waals surface area contributed by atoms with E-state index in [4.69, 9.17) is 21.3 Å². The Morgan fingerprint density at radius 1 is 0.707 bits per heavy atom. The highest BCUT2D eigenvalue weighted by atomic mass is 32.4. The van der Waals surface area contributed by atoms with Crippen LogP contribution >= 0.6 is 6.04 Å². The van der Waals surface area contributed by atoms with Crippen molar-refractivity contribution in [2.75, 3.05) is 0 Å². The average Bonchev–Trinajstić information content (AvgIpc) is 3.00. The monoisotopic (exact) mass is 564 g/mol. The second-order valence-electron chi connectivity index (χ2n) is 10.5. The lowest BCUT2D eigenvalue weighted by Crippen LogP contribution is -2.30. The Labute approximate surface area is 244 Å². The van der Waals surface area contributed by atoms with Crippen LogP contribution in [0, 0.1) is 0 Å². The highest BCUT2D eigenvalue weighted by molar-refractivity contribution is 8.24. The van der Waals surface area contributed by atoms with Crippen molar-refractivity contribution in [2.24, 2.45) is 0 Å². The van der Waals surface area contributed by atoms with E-state index in [-0.39, 0.29) is 0 Å². The summed E-state index contributed by atoms with van der Waals surface area (Å²) in [5, 5.41) is 7.70. The number of benzene rings is 5. The molecule has 3 aliphatic rings. The van der Waals surface area contributed by atoms with Crippen LogP contribution in [0.4, 0.5) is 0 Å². The predicted octanol–water partition coefficient (Wildman–Crippen LogP) is 9.43. The van der Waals surface area contributed by atoms with Crippen molar-refractivity contribution in [1.82, 2.24) is 0 Å². The van der Waals surface area contributed by atoms with Gasteiger partial charge in [-0.3, -0.25) is 0 Å². The molecule has 0 spiro atoms. The number of allylic oxidation sites excluding steroid dienone is 8. The van der Waals surface area contributed by atoms with Crippen molar-refractivity contribution in [3.63, 3.8) is 0 Å². The molecule has 1 aliphatic carbocycles. The molecule has 0 bridgehead atoms. The van der Waals surface area contributed by atoms with Gasteiger partial charge in [0.15, 0.2) is 0 Å². The largest absolute Gasteiger partial charge is 0.460 e. The molecule has 0 radical (unpaired) electrons. The summed E-state index contributed by atoms with van der Waals surface area (Å²) in [6, 6.07) is 29.4. The maximum Gasteiger partial charge on any atom is 0.148 e. The lowest BCUT2D eigenvalue weighted by molar-refractivity contribution is 0.410. The van der Waals surface area contributed by atoms with Gasteiger partial charge in [-0.05, 0) is 57.6 Å². The Morgan fingerprint density at radius 3 is 2.41 bits per heavy atom. The second-order valence-corrected chi connectivity index (χ2v) is 14.8. The standard InChI is InChI=1S/C37H25O2PS/c1-24-9-3-2-4-14-31-33(21-15-24)40(41)34-22-18-26-11-7-8-13-29(26)35(34)39-36-30(19-20-32(38-31)37(36)40)28-17-16-25-10-5-6-12-27(25)23-28/h2-13,15-23H,1,14H2/b4-2-,9-3-,21-15?. The summed E-state index contributed by atoms with van der Waals surface area (Å²) in [5.41, 5.74) is 3.02. The molecular weight excluding hydrogens is 539 g/mol. The van der Waals surface area contributed by atoms with Crippen molar-refractivity contribution < 1.29 is 9.47 Å². The molecule has 2 aliphatic heterocycles. The van der Waals surface area contributed by atoms with Crippen LogP contribution in [0.3, 0.4) is 0 Å². The first-order valence-electron chi connectivity index (χ1n) is 13.7. The van der Waals surface area contributed by atoms with E-state index < -0.39 is 6.04 Å². The molecule has 0 amide bonds. The van der Waals surface area contributed by atoms with Crippen LogP contribution in [0.1, 0.15) is 6.42 Å². The number of fused-ring (bicyclic) bond motifs is 6. The molecule has 0 N–H and O–H groups in total. The lowest BCUT2D eigenvalue weighted by atomic mass is 10.00. The molecule has 5 aromatic rings. The number of ether oxygens (including phenoxy) is 2. The number of rotatable bonds is 1. The maximum absolute atomic E-state index is 6.99. The highest BCUT2D eigenvalue weighted by Gasteiger charge is 2.44. The van der Waals surface area contributed by atoms with E-state index in [1.807, 2.05) is 18.2 Å². The molecule has 1 unspecified atom stereocenters. The van der Waals surface area contributed by atoms with E-state index in [1.165, 1.54) is 10.8 Å². The van der Waals surface area contributed by atoms with Crippen LogP contribution < -0.4 is 20.1 Å². The summed E-state index contributed by atoms with van der Waals surface area (Å²) in [6.45, 7) is 4.22. The van der Waals surface area contributed by atoms with Gasteiger partial charge >= 0.3 is 0 Å². The van der Waals surface area contributed by atoms with E-state index in [1.54, 1.807) is 0 Å². The zero-order chi connectivity index (χ0) is 27.6. The van der Waals surface area contributed by atoms with Crippen LogP contribution in [0.25, 0.3) is 32.7 Å². The predicted molar refractivity (Wildman–Crippen MR) is 176 cm³/mol. The van der Waals surface area contributed by atoms with E-state index in [0.29, 0.717) is 6.42 Å². The van der Waals surface area contributed by atoms with E-state index in [2.05, 4.69) is 116 Å². The van der Waals surface area contributed by atoms with Gasteiger partial charge in [0, 0.05) is 28.0 Å². The quantitative estimate of drug-likeness (QED) is 0.189. The van der Waals surface area contributed by atoms with Crippen molar-refractivity contribution >= 4 is 50.0 Å². The summed E-state index contributed by atoms with van der Waals surface area (Å²) in [5.74, 6) is 3.34. The summed E-state index contributed by atoms with van der Waals surface area (Å²) in [4.78, 5) is 0. The summed E-state index contributed by atoms with van der Waals surface area (Å²) >= 11 is 6.94. The van der Waals surface area contributed by atoms with Crippen LogP contribution in [0.5, 0.6) is 17.2 Å². The second kappa shape index (κ2) is 9.31. The average molecular weight is 565 g/mol. The molecule has 0 fully saturated rings. The van der Waals surface area contributed by atoms with Crippen molar-refractivity contribution in [1.29, 1.82) is 0 Å². The molecule has 41 heavy (non-hydrogen) atoms. The van der Waals surface area contributed by atoms with Crippen molar-refractivity contribution in [3.05, 3.63) is 151 Å². The topological polar surface area (TPSA) is 18.5 Å². The number of hydrogen-bond donors (Lipinski definition) is 0. The molecule has 0 aromatic heterocycles. The van der Waals surface area contributed by atoms with Gasteiger partial charge < -0.3 is 9.47 Å². The van der Waals surface area contributed by atoms with Crippen molar-refractivity contribution in [3.8, 4) is 28.4 Å². The first-order valence-corrected chi connectivity index (χ1v) is 16.5. The highest BCUT2D eigenvalue weighted by Crippen LogP contribution is 2.66. The Morgan fingerprint density at radius 2 is 1.51 bits per heavy atom. The van der Waals surface area contributed by atoms with Gasteiger partial charge in [-0.25, -0.2) is 0 Å². The van der Waals surface area contributed by atoms with Gasteiger partial charge in [-0.2, -0.15) is 0 Å². The first-order chi connectivity index (χ1) is 20.1. The Bertz CT molecular complexity index is 2130. The molecular formula is C37H25O2PS. The molecule has 2 heterocycles. The fraction of sp³-hybridized carbons (Fsp3) is 0.0270.